The van der Waals surface area contributed by atoms with Crippen LogP contribution in [0.25, 0.3) is 0 Å². The number of carbonyl (C=O) groups is 1. The van der Waals surface area contributed by atoms with Gasteiger partial charge in [-0.3, -0.25) is 9.48 Å². The van der Waals surface area contributed by atoms with E-state index in [1.54, 1.807) is 23.1 Å². The molecule has 0 radical (unpaired) electrons. The summed E-state index contributed by atoms with van der Waals surface area (Å²) < 4.78 is 7.82. The summed E-state index contributed by atoms with van der Waals surface area (Å²) in [4.78, 5) is 19.4. The molecule has 0 spiro atoms. The smallest absolute Gasteiger partial charge is 0.272 e. The van der Waals surface area contributed by atoms with E-state index < -0.39 is 0 Å². The lowest BCUT2D eigenvalue weighted by Gasteiger charge is -2.31. The van der Waals surface area contributed by atoms with E-state index in [4.69, 9.17) is 16.0 Å². The number of oxazole rings is 1. The van der Waals surface area contributed by atoms with Crippen molar-refractivity contribution in [1.82, 2.24) is 19.7 Å². The molecule has 1 saturated heterocycles. The van der Waals surface area contributed by atoms with Crippen LogP contribution in [0.5, 0.6) is 0 Å². The van der Waals surface area contributed by atoms with Crippen molar-refractivity contribution in [2.45, 2.75) is 45.1 Å². The second kappa shape index (κ2) is 8.41. The van der Waals surface area contributed by atoms with Gasteiger partial charge in [-0.05, 0) is 50.5 Å². The number of aromatic nitrogens is 3. The molecule has 1 aliphatic rings. The maximum atomic E-state index is 13.0. The molecule has 1 amide bonds. The van der Waals surface area contributed by atoms with Crippen molar-refractivity contribution < 1.29 is 9.21 Å². The minimum Gasteiger partial charge on any atom is -0.445 e. The van der Waals surface area contributed by atoms with Gasteiger partial charge in [-0.2, -0.15) is 5.10 Å². The number of benzene rings is 1. The highest BCUT2D eigenvalue weighted by molar-refractivity contribution is 6.30. The Morgan fingerprint density at radius 2 is 2.07 bits per heavy atom. The van der Waals surface area contributed by atoms with E-state index in [2.05, 4.69) is 10.1 Å². The van der Waals surface area contributed by atoms with Crippen LogP contribution < -0.4 is 0 Å². The zero-order valence-electron chi connectivity index (χ0n) is 16.7. The summed E-state index contributed by atoms with van der Waals surface area (Å²) in [6.07, 6.45) is 6.05. The van der Waals surface area contributed by atoms with Gasteiger partial charge in [0.1, 0.15) is 11.5 Å². The number of piperidine rings is 1. The minimum atomic E-state index is 0.0221. The minimum absolute atomic E-state index is 0.0221. The van der Waals surface area contributed by atoms with Crippen LogP contribution in [0, 0.1) is 0 Å². The largest absolute Gasteiger partial charge is 0.445 e. The molecule has 0 saturated carbocycles. The van der Waals surface area contributed by atoms with Gasteiger partial charge >= 0.3 is 0 Å². The van der Waals surface area contributed by atoms with Gasteiger partial charge in [0.25, 0.3) is 5.91 Å². The normalized spacial score (nSPS) is 17.1. The Morgan fingerprint density at radius 1 is 1.28 bits per heavy atom. The highest BCUT2D eigenvalue weighted by atomic mass is 35.5. The first-order valence-electron chi connectivity index (χ1n) is 10.0. The summed E-state index contributed by atoms with van der Waals surface area (Å²) in [6, 6.07) is 9.67. The Labute approximate surface area is 175 Å². The molecule has 29 heavy (non-hydrogen) atoms. The van der Waals surface area contributed by atoms with Crippen LogP contribution >= 0.6 is 11.6 Å². The molecule has 3 aromatic rings. The van der Waals surface area contributed by atoms with Crippen LogP contribution in [-0.4, -0.2) is 38.7 Å². The lowest BCUT2D eigenvalue weighted by Crippen LogP contribution is -2.40. The Balaban J connectivity index is 1.44. The Hall–Kier alpha value is -2.60. The Bertz CT molecular complexity index is 977. The molecule has 3 heterocycles. The monoisotopic (exact) mass is 412 g/mol. The van der Waals surface area contributed by atoms with Crippen LogP contribution in [0.4, 0.5) is 0 Å². The van der Waals surface area contributed by atoms with Crippen molar-refractivity contribution in [2.24, 2.45) is 0 Å². The molecule has 0 bridgehead atoms. The summed E-state index contributed by atoms with van der Waals surface area (Å²) in [7, 11) is 0. The first-order valence-corrected chi connectivity index (χ1v) is 10.4. The molecule has 1 aliphatic heterocycles. The fourth-order valence-corrected chi connectivity index (χ4v) is 3.94. The summed E-state index contributed by atoms with van der Waals surface area (Å²) in [5.41, 5.74) is 1.76. The molecule has 1 fully saturated rings. The van der Waals surface area contributed by atoms with Gasteiger partial charge in [-0.1, -0.05) is 23.7 Å². The third-order valence-corrected chi connectivity index (χ3v) is 5.55. The number of hydrogen-bond acceptors (Lipinski definition) is 4. The number of likely N-dealkylation sites (tertiary alicyclic amines) is 1. The highest BCUT2D eigenvalue weighted by Crippen LogP contribution is 2.28. The van der Waals surface area contributed by atoms with Crippen molar-refractivity contribution in [3.05, 3.63) is 70.7 Å². The predicted molar refractivity (Wildman–Crippen MR) is 111 cm³/mol. The molecule has 6 nitrogen and oxygen atoms in total. The Morgan fingerprint density at radius 3 is 2.83 bits per heavy atom. The summed E-state index contributed by atoms with van der Waals surface area (Å²) >= 11 is 5.95. The van der Waals surface area contributed by atoms with Gasteiger partial charge in [-0.15, -0.1) is 0 Å². The molecular formula is C22H25ClN4O2. The highest BCUT2D eigenvalue weighted by Gasteiger charge is 2.30. The van der Waals surface area contributed by atoms with Gasteiger partial charge in [-0.25, -0.2) is 4.98 Å². The number of halogens is 1. The molecule has 4 rings (SSSR count). The van der Waals surface area contributed by atoms with Crippen molar-refractivity contribution in [3.8, 4) is 0 Å². The van der Waals surface area contributed by atoms with Crippen molar-refractivity contribution in [3.63, 3.8) is 0 Å². The Kier molecular flexibility index (Phi) is 5.72. The predicted octanol–water partition coefficient (Wildman–Crippen LogP) is 4.72. The number of nitrogens with zero attached hydrogens (tertiary/aromatic N) is 4. The van der Waals surface area contributed by atoms with Gasteiger partial charge < -0.3 is 9.32 Å². The number of carbonyl (C=O) groups excluding carboxylic acids is 1. The standard InChI is InChI=1S/C22H25ClN4O2/c1-15(2)27-20(9-10-25-27)22(28)26-11-3-4-17(14-26)21-24-13-19(29-21)12-16-5-7-18(23)8-6-16/h5-10,13,15,17H,3-4,11-12,14H2,1-2H3. The van der Waals surface area contributed by atoms with Gasteiger partial charge in [0, 0.05) is 36.8 Å². The molecular weight excluding hydrogens is 388 g/mol. The summed E-state index contributed by atoms with van der Waals surface area (Å²) in [5, 5.41) is 5.01. The van der Waals surface area contributed by atoms with E-state index in [0.717, 1.165) is 35.7 Å². The zero-order chi connectivity index (χ0) is 20.4. The quantitative estimate of drug-likeness (QED) is 0.608. The van der Waals surface area contributed by atoms with Crippen LogP contribution in [-0.2, 0) is 6.42 Å². The SMILES string of the molecule is CC(C)n1nccc1C(=O)N1CCCC(c2ncc(Cc3ccc(Cl)cc3)o2)C1. The molecule has 7 heteroatoms. The van der Waals surface area contributed by atoms with Crippen LogP contribution in [0.3, 0.4) is 0 Å². The van der Waals surface area contributed by atoms with Gasteiger partial charge in [0.15, 0.2) is 5.89 Å². The number of rotatable bonds is 5. The van der Waals surface area contributed by atoms with Crippen molar-refractivity contribution in [2.75, 3.05) is 13.1 Å². The van der Waals surface area contributed by atoms with Crippen molar-refractivity contribution in [1.29, 1.82) is 0 Å². The van der Waals surface area contributed by atoms with Crippen molar-refractivity contribution >= 4 is 17.5 Å². The van der Waals surface area contributed by atoms with Gasteiger partial charge in [0.05, 0.1) is 12.1 Å². The second-order valence-electron chi connectivity index (χ2n) is 7.81. The van der Waals surface area contributed by atoms with Crippen LogP contribution in [0.2, 0.25) is 5.02 Å². The van der Waals surface area contributed by atoms with E-state index in [1.807, 2.05) is 43.0 Å². The fraction of sp³-hybridized carbons (Fsp3) is 0.409. The average Bonchev–Trinajstić information content (AvgIpc) is 3.39. The zero-order valence-corrected chi connectivity index (χ0v) is 17.5. The third-order valence-electron chi connectivity index (χ3n) is 5.30. The lowest BCUT2D eigenvalue weighted by atomic mass is 9.97. The lowest BCUT2D eigenvalue weighted by molar-refractivity contribution is 0.0683. The van der Waals surface area contributed by atoms with E-state index in [1.165, 1.54) is 0 Å². The molecule has 0 aliphatic carbocycles. The van der Waals surface area contributed by atoms with E-state index in [0.29, 0.717) is 24.6 Å². The summed E-state index contributed by atoms with van der Waals surface area (Å²) in [5.74, 6) is 1.67. The number of hydrogen-bond donors (Lipinski definition) is 0. The fourth-order valence-electron chi connectivity index (χ4n) is 3.82. The molecule has 152 valence electrons. The van der Waals surface area contributed by atoms with E-state index in [-0.39, 0.29) is 17.9 Å². The molecule has 1 aromatic carbocycles. The first kappa shape index (κ1) is 19.7. The van der Waals surface area contributed by atoms with E-state index >= 15 is 0 Å². The first-order chi connectivity index (χ1) is 14.0. The molecule has 1 atom stereocenters. The number of amides is 1. The topological polar surface area (TPSA) is 64.2 Å². The van der Waals surface area contributed by atoms with Crippen LogP contribution in [0.15, 0.2) is 47.1 Å². The van der Waals surface area contributed by atoms with E-state index in [9.17, 15) is 4.79 Å². The maximum Gasteiger partial charge on any atom is 0.272 e. The van der Waals surface area contributed by atoms with Crippen LogP contribution in [0.1, 0.15) is 66.4 Å². The molecule has 2 aromatic heterocycles. The third kappa shape index (κ3) is 4.37. The molecule has 0 N–H and O–H groups in total. The summed E-state index contributed by atoms with van der Waals surface area (Å²) in [6.45, 7) is 5.41. The molecule has 1 unspecified atom stereocenters. The maximum absolute atomic E-state index is 13.0. The van der Waals surface area contributed by atoms with Gasteiger partial charge in [0.2, 0.25) is 0 Å². The second-order valence-corrected chi connectivity index (χ2v) is 8.25. The average molecular weight is 413 g/mol.